The van der Waals surface area contributed by atoms with Crippen LogP contribution in [0.1, 0.15) is 19.4 Å². The Hall–Kier alpha value is -0.770. The molecule has 1 rings (SSSR count). The van der Waals surface area contributed by atoms with E-state index in [9.17, 15) is 5.11 Å². The van der Waals surface area contributed by atoms with Gasteiger partial charge in [-0.2, -0.15) is 0 Å². The third kappa shape index (κ3) is 4.00. The van der Waals surface area contributed by atoms with Gasteiger partial charge in [-0.3, -0.25) is 0 Å². The van der Waals surface area contributed by atoms with Crippen molar-refractivity contribution in [1.82, 2.24) is 5.32 Å². The first-order valence-corrected chi connectivity index (χ1v) is 5.81. The maximum atomic E-state index is 9.60. The first kappa shape index (κ1) is 13.3. The fraction of sp³-hybridized carbons (Fsp3) is 0.500. The van der Waals surface area contributed by atoms with Crippen LogP contribution in [0.5, 0.6) is 5.75 Å². The number of halogens is 1. The number of phenolic OH excluding ortho intramolecular Hbond substituents is 1. The van der Waals surface area contributed by atoms with Crippen LogP contribution in [0.25, 0.3) is 0 Å². The molecule has 0 amide bonds. The zero-order chi connectivity index (χ0) is 12.0. The second-order valence-corrected chi connectivity index (χ2v) is 4.04. The Morgan fingerprint density at radius 2 is 2.25 bits per heavy atom. The van der Waals surface area contributed by atoms with E-state index in [0.717, 1.165) is 12.1 Å². The van der Waals surface area contributed by atoms with Gasteiger partial charge in [0, 0.05) is 30.3 Å². The number of benzene rings is 1. The van der Waals surface area contributed by atoms with Crippen molar-refractivity contribution >= 4 is 11.6 Å². The lowest BCUT2D eigenvalue weighted by Gasteiger charge is -2.13. The summed E-state index contributed by atoms with van der Waals surface area (Å²) in [5.41, 5.74) is 0.730. The summed E-state index contributed by atoms with van der Waals surface area (Å²) in [6.07, 6.45) is 0.162. The van der Waals surface area contributed by atoms with Crippen LogP contribution < -0.4 is 5.32 Å². The fourth-order valence-electron chi connectivity index (χ4n) is 1.47. The average molecular weight is 244 g/mol. The molecule has 0 aliphatic heterocycles. The summed E-state index contributed by atoms with van der Waals surface area (Å²) < 4.78 is 5.38. The minimum Gasteiger partial charge on any atom is -0.508 e. The van der Waals surface area contributed by atoms with E-state index in [2.05, 4.69) is 5.32 Å². The normalized spacial score (nSPS) is 12.7. The highest BCUT2D eigenvalue weighted by Crippen LogP contribution is 2.24. The summed E-state index contributed by atoms with van der Waals surface area (Å²) in [6, 6.07) is 5.13. The third-order valence-corrected chi connectivity index (χ3v) is 2.63. The largest absolute Gasteiger partial charge is 0.508 e. The predicted octanol–water partition coefficient (Wildman–Crippen LogP) is 2.56. The van der Waals surface area contributed by atoms with Crippen molar-refractivity contribution in [2.24, 2.45) is 0 Å². The van der Waals surface area contributed by atoms with Crippen LogP contribution in [0.3, 0.4) is 0 Å². The van der Waals surface area contributed by atoms with E-state index >= 15 is 0 Å². The van der Waals surface area contributed by atoms with Gasteiger partial charge >= 0.3 is 0 Å². The molecule has 0 bridgehead atoms. The minimum absolute atomic E-state index is 0.162. The number of rotatable bonds is 6. The average Bonchev–Trinajstić information content (AvgIpc) is 2.23. The van der Waals surface area contributed by atoms with E-state index in [-0.39, 0.29) is 11.9 Å². The zero-order valence-electron chi connectivity index (χ0n) is 9.66. The second-order valence-electron chi connectivity index (χ2n) is 3.63. The Morgan fingerprint density at radius 1 is 1.50 bits per heavy atom. The number of aromatic hydroxyl groups is 1. The van der Waals surface area contributed by atoms with E-state index in [1.54, 1.807) is 18.2 Å². The molecule has 4 heteroatoms. The molecule has 0 radical (unpaired) electrons. The molecule has 90 valence electrons. The summed E-state index contributed by atoms with van der Waals surface area (Å²) in [5.74, 6) is 0.226. The van der Waals surface area contributed by atoms with Gasteiger partial charge in [-0.1, -0.05) is 17.7 Å². The number of hydrogen-bond donors (Lipinski definition) is 2. The molecule has 1 unspecified atom stereocenters. The Bertz CT molecular complexity index is 311. The molecule has 0 saturated carbocycles. The summed E-state index contributed by atoms with van der Waals surface area (Å²) in [6.45, 7) is 5.96. The molecule has 0 aliphatic rings. The van der Waals surface area contributed by atoms with E-state index in [4.69, 9.17) is 16.3 Å². The van der Waals surface area contributed by atoms with Crippen molar-refractivity contribution in [2.75, 3.05) is 13.2 Å². The van der Waals surface area contributed by atoms with Gasteiger partial charge in [-0.05, 0) is 26.0 Å². The van der Waals surface area contributed by atoms with Crippen LogP contribution in [0, 0.1) is 0 Å². The molecule has 0 heterocycles. The topological polar surface area (TPSA) is 41.5 Å². The molecule has 0 fully saturated rings. The van der Waals surface area contributed by atoms with Gasteiger partial charge in [0.2, 0.25) is 0 Å². The Morgan fingerprint density at radius 3 is 2.88 bits per heavy atom. The smallest absolute Gasteiger partial charge is 0.121 e. The first-order chi connectivity index (χ1) is 7.65. The quantitative estimate of drug-likeness (QED) is 0.807. The van der Waals surface area contributed by atoms with E-state index < -0.39 is 0 Å². The van der Waals surface area contributed by atoms with Gasteiger partial charge in [0.25, 0.3) is 0 Å². The van der Waals surface area contributed by atoms with Crippen molar-refractivity contribution in [2.45, 2.75) is 26.5 Å². The highest BCUT2D eigenvalue weighted by molar-refractivity contribution is 6.31. The van der Waals surface area contributed by atoms with Crippen LogP contribution in [-0.2, 0) is 11.3 Å². The highest BCUT2D eigenvalue weighted by Gasteiger charge is 2.06. The van der Waals surface area contributed by atoms with Crippen molar-refractivity contribution in [1.29, 1.82) is 0 Å². The lowest BCUT2D eigenvalue weighted by atomic mass is 10.2. The molecule has 1 aromatic carbocycles. The predicted molar refractivity (Wildman–Crippen MR) is 65.9 cm³/mol. The zero-order valence-corrected chi connectivity index (χ0v) is 10.4. The molecule has 0 saturated heterocycles. The van der Waals surface area contributed by atoms with Gasteiger partial charge in [0.15, 0.2) is 0 Å². The van der Waals surface area contributed by atoms with Crippen molar-refractivity contribution in [3.05, 3.63) is 28.8 Å². The molecular weight excluding hydrogens is 226 g/mol. The standard InChI is InChI=1S/C12H18ClNO2/c1-3-16-9(2)7-14-8-10-11(13)5-4-6-12(10)15/h4-6,9,14-15H,3,7-8H2,1-2H3. The number of nitrogens with one attached hydrogen (secondary N) is 1. The Kier molecular flexibility index (Phi) is 5.60. The summed E-state index contributed by atoms with van der Waals surface area (Å²) in [7, 11) is 0. The molecular formula is C12H18ClNO2. The number of phenols is 1. The van der Waals surface area contributed by atoms with Gasteiger partial charge in [0.05, 0.1) is 6.10 Å². The Balaban J connectivity index is 2.43. The van der Waals surface area contributed by atoms with Gasteiger partial charge < -0.3 is 15.2 Å². The van der Waals surface area contributed by atoms with E-state index in [0.29, 0.717) is 18.2 Å². The molecule has 2 N–H and O–H groups in total. The van der Waals surface area contributed by atoms with Crippen molar-refractivity contribution in [3.8, 4) is 5.75 Å². The molecule has 0 spiro atoms. The fourth-order valence-corrected chi connectivity index (χ4v) is 1.70. The first-order valence-electron chi connectivity index (χ1n) is 5.43. The third-order valence-electron chi connectivity index (χ3n) is 2.28. The van der Waals surface area contributed by atoms with Crippen LogP contribution >= 0.6 is 11.6 Å². The lowest BCUT2D eigenvalue weighted by Crippen LogP contribution is -2.26. The summed E-state index contributed by atoms with van der Waals surface area (Å²) in [4.78, 5) is 0. The number of hydrogen-bond acceptors (Lipinski definition) is 3. The van der Waals surface area contributed by atoms with Crippen molar-refractivity contribution < 1.29 is 9.84 Å². The van der Waals surface area contributed by atoms with Crippen molar-refractivity contribution in [3.63, 3.8) is 0 Å². The molecule has 3 nitrogen and oxygen atoms in total. The lowest BCUT2D eigenvalue weighted by molar-refractivity contribution is 0.0759. The molecule has 1 aromatic rings. The number of ether oxygens (including phenoxy) is 1. The van der Waals surface area contributed by atoms with Crippen LogP contribution in [-0.4, -0.2) is 24.4 Å². The van der Waals surface area contributed by atoms with E-state index in [1.165, 1.54) is 0 Å². The molecule has 0 aromatic heterocycles. The van der Waals surface area contributed by atoms with Gasteiger partial charge in [0.1, 0.15) is 5.75 Å². The van der Waals surface area contributed by atoms with E-state index in [1.807, 2.05) is 13.8 Å². The van der Waals surface area contributed by atoms with Crippen LogP contribution in [0.2, 0.25) is 5.02 Å². The highest BCUT2D eigenvalue weighted by atomic mass is 35.5. The van der Waals surface area contributed by atoms with Gasteiger partial charge in [-0.15, -0.1) is 0 Å². The second kappa shape index (κ2) is 6.74. The van der Waals surface area contributed by atoms with Crippen LogP contribution in [0.4, 0.5) is 0 Å². The minimum atomic E-state index is 0.162. The maximum Gasteiger partial charge on any atom is 0.121 e. The Labute approximate surface area is 101 Å². The monoisotopic (exact) mass is 243 g/mol. The van der Waals surface area contributed by atoms with Crippen LogP contribution in [0.15, 0.2) is 18.2 Å². The molecule has 16 heavy (non-hydrogen) atoms. The summed E-state index contributed by atoms with van der Waals surface area (Å²) >= 11 is 5.97. The molecule has 1 atom stereocenters. The summed E-state index contributed by atoms with van der Waals surface area (Å²) in [5, 5.41) is 13.4. The maximum absolute atomic E-state index is 9.60. The SMILES string of the molecule is CCOC(C)CNCc1c(O)cccc1Cl. The molecule has 0 aliphatic carbocycles. The van der Waals surface area contributed by atoms with Gasteiger partial charge in [-0.25, -0.2) is 0 Å².